The van der Waals surface area contributed by atoms with Gasteiger partial charge in [0.1, 0.15) is 6.54 Å². The molecule has 0 spiro atoms. The maximum absolute atomic E-state index is 11.8. The van der Waals surface area contributed by atoms with Crippen LogP contribution >= 0.6 is 0 Å². The topological polar surface area (TPSA) is 102 Å². The van der Waals surface area contributed by atoms with Gasteiger partial charge in [0, 0.05) is 11.4 Å². The lowest BCUT2D eigenvalue weighted by molar-refractivity contribution is -0.147. The zero-order chi connectivity index (χ0) is 17.6. The highest BCUT2D eigenvalue weighted by Crippen LogP contribution is 2.18. The highest BCUT2D eigenvalue weighted by atomic mass is 32.2. The van der Waals surface area contributed by atoms with E-state index in [4.69, 9.17) is 4.74 Å². The number of nitrogens with one attached hydrogen (secondary N) is 2. The van der Waals surface area contributed by atoms with E-state index in [1.807, 2.05) is 19.1 Å². The van der Waals surface area contributed by atoms with Crippen molar-refractivity contribution in [2.24, 2.45) is 0 Å². The fourth-order valence-corrected chi connectivity index (χ4v) is 2.50. The van der Waals surface area contributed by atoms with Crippen molar-refractivity contribution in [2.45, 2.75) is 25.8 Å². The van der Waals surface area contributed by atoms with Gasteiger partial charge in [-0.25, -0.2) is 13.1 Å². The highest BCUT2D eigenvalue weighted by Gasteiger charge is 2.23. The Balaban J connectivity index is 1.73. The van der Waals surface area contributed by atoms with Crippen LogP contribution in [-0.2, 0) is 24.3 Å². The molecular weight excluding hydrogens is 332 g/mol. The van der Waals surface area contributed by atoms with Crippen LogP contribution in [0.2, 0.25) is 0 Å². The van der Waals surface area contributed by atoms with Crippen LogP contribution in [0, 0.1) is 6.92 Å². The number of aryl methyl sites for hydroxylation is 1. The first-order valence-corrected chi connectivity index (χ1v) is 9.08. The zero-order valence-electron chi connectivity index (χ0n) is 13.3. The van der Waals surface area contributed by atoms with Gasteiger partial charge in [-0.3, -0.25) is 9.59 Å². The molecule has 0 saturated heterocycles. The van der Waals surface area contributed by atoms with Crippen LogP contribution in [0.3, 0.4) is 0 Å². The van der Waals surface area contributed by atoms with Crippen molar-refractivity contribution in [1.29, 1.82) is 0 Å². The fraction of sp³-hybridized carbons (Fsp3) is 0.375. The monoisotopic (exact) mass is 352 g/mol. The second-order valence-electron chi connectivity index (χ2n) is 5.58. The first kappa shape index (κ1) is 18.2. The molecule has 0 aromatic heterocycles. The summed E-state index contributed by atoms with van der Waals surface area (Å²) in [6.07, 6.45) is 3.30. The molecule has 1 aliphatic rings. The Morgan fingerprint density at radius 1 is 1.25 bits per heavy atom. The Hall–Kier alpha value is -2.19. The second-order valence-corrected chi connectivity index (χ2v) is 7.23. The lowest BCUT2D eigenvalue weighted by Crippen LogP contribution is -2.34. The number of carbonyl (C=O) groups is 2. The first-order chi connectivity index (χ1) is 11.3. The van der Waals surface area contributed by atoms with Gasteiger partial charge in [-0.1, -0.05) is 29.8 Å². The number of benzene rings is 1. The van der Waals surface area contributed by atoms with E-state index in [0.717, 1.165) is 29.4 Å². The smallest absolute Gasteiger partial charge is 0.321 e. The van der Waals surface area contributed by atoms with E-state index in [1.165, 1.54) is 6.08 Å². The van der Waals surface area contributed by atoms with E-state index < -0.39 is 29.1 Å². The van der Waals surface area contributed by atoms with Crippen molar-refractivity contribution in [3.8, 4) is 0 Å². The minimum Gasteiger partial charge on any atom is -0.455 e. The Labute approximate surface area is 141 Å². The molecule has 24 heavy (non-hydrogen) atoms. The van der Waals surface area contributed by atoms with Gasteiger partial charge in [0.15, 0.2) is 6.61 Å². The molecule has 1 aromatic carbocycles. The Morgan fingerprint density at radius 2 is 1.92 bits per heavy atom. The molecule has 0 radical (unpaired) electrons. The molecule has 2 N–H and O–H groups in total. The van der Waals surface area contributed by atoms with Gasteiger partial charge in [0.25, 0.3) is 5.91 Å². The number of hydrogen-bond donors (Lipinski definition) is 2. The fourth-order valence-electron chi connectivity index (χ4n) is 1.75. The third-order valence-electron chi connectivity index (χ3n) is 3.24. The maximum atomic E-state index is 11.8. The molecule has 130 valence electrons. The summed E-state index contributed by atoms with van der Waals surface area (Å²) in [7, 11) is -3.76. The molecule has 0 atom stereocenters. The Morgan fingerprint density at radius 3 is 2.54 bits per heavy atom. The quantitative estimate of drug-likeness (QED) is 0.671. The summed E-state index contributed by atoms with van der Waals surface area (Å²) in [6.45, 7) is 0.996. The van der Waals surface area contributed by atoms with Gasteiger partial charge in [0.05, 0.1) is 0 Å². The van der Waals surface area contributed by atoms with Crippen molar-refractivity contribution >= 4 is 28.0 Å². The summed E-state index contributed by atoms with van der Waals surface area (Å²) >= 11 is 0. The number of hydrogen-bond acceptors (Lipinski definition) is 5. The number of rotatable bonds is 8. The molecule has 8 heteroatoms. The molecule has 1 aromatic rings. The lowest BCUT2D eigenvalue weighted by atomic mass is 10.2. The molecular formula is C16H20N2O5S. The highest BCUT2D eigenvalue weighted by molar-refractivity contribution is 7.92. The van der Waals surface area contributed by atoms with Gasteiger partial charge >= 0.3 is 5.97 Å². The minimum atomic E-state index is -3.76. The number of ether oxygens (including phenoxy) is 1. The molecule has 0 bridgehead atoms. The molecule has 0 aliphatic heterocycles. The predicted octanol–water partition coefficient (Wildman–Crippen LogP) is 0.707. The van der Waals surface area contributed by atoms with Crippen LogP contribution in [0.15, 0.2) is 29.7 Å². The summed E-state index contributed by atoms with van der Waals surface area (Å²) in [6, 6.07) is 7.48. The van der Waals surface area contributed by atoms with Crippen LogP contribution in [0.25, 0.3) is 6.08 Å². The Bertz CT molecular complexity index is 721. The van der Waals surface area contributed by atoms with Crippen molar-refractivity contribution in [3.63, 3.8) is 0 Å². The maximum Gasteiger partial charge on any atom is 0.321 e. The summed E-state index contributed by atoms with van der Waals surface area (Å²) in [4.78, 5) is 22.8. The zero-order valence-corrected chi connectivity index (χ0v) is 14.1. The van der Waals surface area contributed by atoms with Gasteiger partial charge in [-0.2, -0.15) is 0 Å². The van der Waals surface area contributed by atoms with Crippen molar-refractivity contribution < 1.29 is 22.7 Å². The van der Waals surface area contributed by atoms with Crippen molar-refractivity contribution in [1.82, 2.24) is 10.0 Å². The molecule has 1 fully saturated rings. The number of carbonyl (C=O) groups excluding carboxylic acids is 2. The molecule has 1 aliphatic carbocycles. The third-order valence-corrected chi connectivity index (χ3v) is 4.28. The van der Waals surface area contributed by atoms with E-state index in [1.54, 1.807) is 12.1 Å². The lowest BCUT2D eigenvalue weighted by Gasteiger charge is -2.06. The van der Waals surface area contributed by atoms with Crippen LogP contribution in [-0.4, -0.2) is 39.5 Å². The molecule has 1 saturated carbocycles. The van der Waals surface area contributed by atoms with E-state index in [0.29, 0.717) is 0 Å². The molecule has 0 heterocycles. The van der Waals surface area contributed by atoms with E-state index in [9.17, 15) is 18.0 Å². The first-order valence-electron chi connectivity index (χ1n) is 7.53. The normalized spacial score (nSPS) is 14.5. The minimum absolute atomic E-state index is 0.182. The van der Waals surface area contributed by atoms with Crippen molar-refractivity contribution in [3.05, 3.63) is 40.8 Å². The molecule has 0 unspecified atom stereocenters. The van der Waals surface area contributed by atoms with Gasteiger partial charge in [-0.05, 0) is 31.4 Å². The standard InChI is InChI=1S/C16H20N2O5S/c1-12-2-4-13(5-3-12)8-9-24(21,22)17-10-16(20)23-11-15(19)18-14-6-7-14/h2-5,8-9,14,17H,6-7,10-11H2,1H3,(H,18,19). The number of sulfonamides is 1. The van der Waals surface area contributed by atoms with Crippen LogP contribution < -0.4 is 10.0 Å². The Kier molecular flexibility index (Phi) is 6.10. The van der Waals surface area contributed by atoms with E-state index >= 15 is 0 Å². The second kappa shape index (κ2) is 8.07. The van der Waals surface area contributed by atoms with Crippen LogP contribution in [0.1, 0.15) is 24.0 Å². The largest absolute Gasteiger partial charge is 0.455 e. The van der Waals surface area contributed by atoms with Crippen LogP contribution in [0.4, 0.5) is 0 Å². The SMILES string of the molecule is Cc1ccc(C=CS(=O)(=O)NCC(=O)OCC(=O)NC2CC2)cc1. The predicted molar refractivity (Wildman–Crippen MR) is 89.3 cm³/mol. The molecule has 1 amide bonds. The van der Waals surface area contributed by atoms with Crippen LogP contribution in [0.5, 0.6) is 0 Å². The van der Waals surface area contributed by atoms with Crippen molar-refractivity contribution in [2.75, 3.05) is 13.2 Å². The van der Waals surface area contributed by atoms with Gasteiger partial charge in [-0.15, -0.1) is 0 Å². The summed E-state index contributed by atoms with van der Waals surface area (Å²) in [5.41, 5.74) is 1.80. The average molecular weight is 352 g/mol. The van der Waals surface area contributed by atoms with Gasteiger partial charge < -0.3 is 10.1 Å². The van der Waals surface area contributed by atoms with E-state index in [2.05, 4.69) is 10.0 Å². The summed E-state index contributed by atoms with van der Waals surface area (Å²) in [5.74, 6) is -1.19. The number of esters is 1. The molecule has 7 nitrogen and oxygen atoms in total. The van der Waals surface area contributed by atoms with E-state index in [-0.39, 0.29) is 11.9 Å². The number of amides is 1. The molecule has 2 rings (SSSR count). The van der Waals surface area contributed by atoms with Gasteiger partial charge in [0.2, 0.25) is 10.0 Å². The third kappa shape index (κ3) is 6.93. The average Bonchev–Trinajstić information content (AvgIpc) is 3.34. The summed E-state index contributed by atoms with van der Waals surface area (Å²) in [5, 5.41) is 3.63. The summed E-state index contributed by atoms with van der Waals surface area (Å²) < 4.78 is 30.4.